The number of hydrogen-bond donors (Lipinski definition) is 0. The molecule has 29 heavy (non-hydrogen) atoms. The lowest BCUT2D eigenvalue weighted by molar-refractivity contribution is -0.181. The molecule has 160 valence electrons. The molecule has 0 saturated carbocycles. The van der Waals surface area contributed by atoms with Gasteiger partial charge in [-0.05, 0) is 46.5 Å². The van der Waals surface area contributed by atoms with Gasteiger partial charge >= 0.3 is 11.9 Å². The Balaban J connectivity index is 2.45. The van der Waals surface area contributed by atoms with Crippen LogP contribution in [0.25, 0.3) is 0 Å². The Hall–Kier alpha value is -2.30. The molecule has 0 bridgehead atoms. The van der Waals surface area contributed by atoms with Crippen molar-refractivity contribution < 1.29 is 23.8 Å². The van der Waals surface area contributed by atoms with E-state index in [1.807, 2.05) is 13.8 Å². The van der Waals surface area contributed by atoms with Crippen LogP contribution in [0.15, 0.2) is 47.3 Å². The molecular formula is C24H34O5. The first-order valence-corrected chi connectivity index (χ1v) is 10.4. The van der Waals surface area contributed by atoms with Crippen LogP contribution in [0.4, 0.5) is 0 Å². The average Bonchev–Trinajstić information content (AvgIpc) is 2.68. The summed E-state index contributed by atoms with van der Waals surface area (Å²) < 4.78 is 17.1. The fraction of sp³-hybridized carbons (Fsp3) is 0.583. The van der Waals surface area contributed by atoms with Crippen molar-refractivity contribution >= 4 is 11.9 Å². The van der Waals surface area contributed by atoms with Crippen molar-refractivity contribution in [2.75, 3.05) is 0 Å². The molecule has 0 spiro atoms. The van der Waals surface area contributed by atoms with E-state index >= 15 is 0 Å². The molecule has 0 N–H and O–H groups in total. The van der Waals surface area contributed by atoms with Crippen LogP contribution in [-0.4, -0.2) is 24.3 Å². The number of allylic oxidation sites excluding steroid dienone is 3. The van der Waals surface area contributed by atoms with Crippen LogP contribution in [0.5, 0.6) is 0 Å². The summed E-state index contributed by atoms with van der Waals surface area (Å²) in [4.78, 5) is 23.5. The van der Waals surface area contributed by atoms with Crippen molar-refractivity contribution in [3.8, 4) is 0 Å². The van der Waals surface area contributed by atoms with E-state index in [0.717, 1.165) is 42.4 Å². The minimum Gasteiger partial charge on any atom is -0.462 e. The maximum atomic E-state index is 11.8. The number of carbonyl (C=O) groups excluding carboxylic acids is 2. The summed E-state index contributed by atoms with van der Waals surface area (Å²) in [7, 11) is 0. The first-order valence-electron chi connectivity index (χ1n) is 10.4. The van der Waals surface area contributed by atoms with E-state index in [1.54, 1.807) is 6.26 Å². The highest BCUT2D eigenvalue weighted by Gasteiger charge is 2.42. The predicted molar refractivity (Wildman–Crippen MR) is 113 cm³/mol. The number of fused-ring (bicyclic) bond motifs is 1. The Kier molecular flexibility index (Phi) is 8.30. The molecule has 0 aromatic heterocycles. The maximum absolute atomic E-state index is 11.8. The second-order valence-corrected chi connectivity index (χ2v) is 8.27. The number of ether oxygens (including phenoxy) is 3. The second-order valence-electron chi connectivity index (χ2n) is 8.27. The van der Waals surface area contributed by atoms with Gasteiger partial charge in [0.2, 0.25) is 6.29 Å². The van der Waals surface area contributed by atoms with Crippen LogP contribution >= 0.6 is 0 Å². The van der Waals surface area contributed by atoms with Gasteiger partial charge in [-0.25, -0.2) is 0 Å². The van der Waals surface area contributed by atoms with Gasteiger partial charge in [0, 0.05) is 31.8 Å². The number of hydrogen-bond acceptors (Lipinski definition) is 5. The van der Waals surface area contributed by atoms with Crippen molar-refractivity contribution in [2.24, 2.45) is 11.8 Å². The number of rotatable bonds is 5. The molecule has 0 saturated heterocycles. The van der Waals surface area contributed by atoms with E-state index in [4.69, 9.17) is 14.2 Å². The second kappa shape index (κ2) is 10.5. The van der Waals surface area contributed by atoms with Crippen molar-refractivity contribution in [2.45, 2.75) is 79.1 Å². The SMILES string of the molecule is C=C1CCC=C(C)CCC2C(C(CC=C(C)C)OC(C)=O)=COC(OC(C)=O)C12. The van der Waals surface area contributed by atoms with Gasteiger partial charge in [-0.3, -0.25) is 9.59 Å². The molecule has 0 radical (unpaired) electrons. The van der Waals surface area contributed by atoms with Crippen LogP contribution < -0.4 is 0 Å². The lowest BCUT2D eigenvalue weighted by Gasteiger charge is -2.40. The van der Waals surface area contributed by atoms with Crippen LogP contribution in [0.3, 0.4) is 0 Å². The molecule has 4 atom stereocenters. The minimum atomic E-state index is -0.700. The first-order chi connectivity index (χ1) is 13.7. The van der Waals surface area contributed by atoms with Crippen molar-refractivity contribution in [3.05, 3.63) is 47.3 Å². The average molecular weight is 403 g/mol. The molecule has 1 aliphatic carbocycles. The quantitative estimate of drug-likeness (QED) is 0.456. The Labute approximate surface area is 174 Å². The topological polar surface area (TPSA) is 61.8 Å². The van der Waals surface area contributed by atoms with E-state index in [0.29, 0.717) is 6.42 Å². The molecule has 5 heteroatoms. The van der Waals surface area contributed by atoms with Gasteiger partial charge in [0.05, 0.1) is 12.2 Å². The predicted octanol–water partition coefficient (Wildman–Crippen LogP) is 5.39. The Bertz CT molecular complexity index is 724. The summed E-state index contributed by atoms with van der Waals surface area (Å²) in [6, 6.07) is 0. The highest BCUT2D eigenvalue weighted by atomic mass is 16.7. The third-order valence-electron chi connectivity index (χ3n) is 5.47. The Morgan fingerprint density at radius 2 is 1.97 bits per heavy atom. The van der Waals surface area contributed by atoms with Crippen LogP contribution in [0.2, 0.25) is 0 Å². The third kappa shape index (κ3) is 6.62. The summed E-state index contributed by atoms with van der Waals surface area (Å²) in [5, 5.41) is 0. The normalized spacial score (nSPS) is 25.6. The van der Waals surface area contributed by atoms with Gasteiger partial charge in [-0.2, -0.15) is 0 Å². The minimum absolute atomic E-state index is 0.0250. The fourth-order valence-corrected chi connectivity index (χ4v) is 4.07. The molecule has 4 unspecified atom stereocenters. The van der Waals surface area contributed by atoms with Crippen LogP contribution in [0.1, 0.15) is 66.7 Å². The highest BCUT2D eigenvalue weighted by molar-refractivity contribution is 5.67. The molecule has 2 aliphatic rings. The Morgan fingerprint density at radius 3 is 2.59 bits per heavy atom. The molecule has 0 fully saturated rings. The van der Waals surface area contributed by atoms with E-state index in [-0.39, 0.29) is 23.8 Å². The Morgan fingerprint density at radius 1 is 1.24 bits per heavy atom. The molecule has 5 nitrogen and oxygen atoms in total. The van der Waals surface area contributed by atoms with Crippen molar-refractivity contribution in [1.29, 1.82) is 0 Å². The third-order valence-corrected chi connectivity index (χ3v) is 5.47. The summed E-state index contributed by atoms with van der Waals surface area (Å²) in [5.41, 5.74) is 4.43. The lowest BCUT2D eigenvalue weighted by atomic mass is 9.74. The van der Waals surface area contributed by atoms with E-state index in [2.05, 4.69) is 25.7 Å². The van der Waals surface area contributed by atoms with E-state index < -0.39 is 12.4 Å². The fourth-order valence-electron chi connectivity index (χ4n) is 4.07. The van der Waals surface area contributed by atoms with Gasteiger partial charge in [0.1, 0.15) is 6.10 Å². The first kappa shape index (κ1) is 23.0. The molecule has 1 aliphatic heterocycles. The van der Waals surface area contributed by atoms with Gasteiger partial charge < -0.3 is 14.2 Å². The van der Waals surface area contributed by atoms with E-state index in [9.17, 15) is 9.59 Å². The molecule has 2 rings (SSSR count). The van der Waals surface area contributed by atoms with Crippen molar-refractivity contribution in [1.82, 2.24) is 0 Å². The molecule has 1 heterocycles. The zero-order valence-corrected chi connectivity index (χ0v) is 18.3. The largest absolute Gasteiger partial charge is 0.462 e. The molecule has 0 amide bonds. The zero-order valence-electron chi connectivity index (χ0n) is 18.3. The highest BCUT2D eigenvalue weighted by Crippen LogP contribution is 2.43. The van der Waals surface area contributed by atoms with Gasteiger partial charge in [0.15, 0.2) is 0 Å². The smallest absolute Gasteiger partial charge is 0.305 e. The van der Waals surface area contributed by atoms with Gasteiger partial charge in [-0.1, -0.05) is 35.5 Å². The number of esters is 2. The zero-order chi connectivity index (χ0) is 21.6. The molecular weight excluding hydrogens is 368 g/mol. The summed E-state index contributed by atoms with van der Waals surface area (Å²) in [6.07, 6.45) is 8.92. The number of carbonyl (C=O) groups is 2. The van der Waals surface area contributed by atoms with Crippen LogP contribution in [0, 0.1) is 11.8 Å². The standard InChI is InChI=1S/C24H34O5/c1-15(2)10-13-22(28-18(5)25)21-14-27-24(29-19(6)26)23-17(4)9-7-8-16(3)11-12-20(21)23/h8,10,14,20,22-24H,4,7,9,11-13H2,1-3,5-6H3. The summed E-state index contributed by atoms with van der Waals surface area (Å²) in [6.45, 7) is 13.3. The van der Waals surface area contributed by atoms with Gasteiger partial charge in [-0.15, -0.1) is 0 Å². The van der Waals surface area contributed by atoms with Crippen molar-refractivity contribution in [3.63, 3.8) is 0 Å². The summed E-state index contributed by atoms with van der Waals surface area (Å²) in [5.74, 6) is -0.844. The van der Waals surface area contributed by atoms with Crippen LogP contribution in [-0.2, 0) is 23.8 Å². The lowest BCUT2D eigenvalue weighted by Crippen LogP contribution is -2.41. The van der Waals surface area contributed by atoms with Gasteiger partial charge in [0.25, 0.3) is 0 Å². The molecule has 0 aromatic carbocycles. The molecule has 0 aromatic rings. The summed E-state index contributed by atoms with van der Waals surface area (Å²) >= 11 is 0. The maximum Gasteiger partial charge on any atom is 0.305 e. The van der Waals surface area contributed by atoms with E-state index in [1.165, 1.54) is 19.4 Å². The monoisotopic (exact) mass is 402 g/mol.